The zero-order chi connectivity index (χ0) is 22.3. The lowest BCUT2D eigenvalue weighted by molar-refractivity contribution is 0.336. The Labute approximate surface area is 193 Å². The van der Waals surface area contributed by atoms with Gasteiger partial charge in [-0.2, -0.15) is 16.9 Å². The molecule has 0 unspecified atom stereocenters. The van der Waals surface area contributed by atoms with Gasteiger partial charge in [-0.3, -0.25) is 0 Å². The maximum absolute atomic E-state index is 13.6. The predicted octanol–water partition coefficient (Wildman–Crippen LogP) is 4.17. The van der Waals surface area contributed by atoms with Crippen LogP contribution in [0.4, 0.5) is 0 Å². The third-order valence-electron chi connectivity index (χ3n) is 6.08. The van der Waals surface area contributed by atoms with Crippen LogP contribution in [-0.2, 0) is 16.6 Å². The summed E-state index contributed by atoms with van der Waals surface area (Å²) in [5, 5.41) is 10.6. The molecule has 2 heterocycles. The molecule has 2 atom stereocenters. The minimum Gasteiger partial charge on any atom is -0.247 e. The average molecular weight is 465 g/mol. The minimum atomic E-state index is -3.67. The van der Waals surface area contributed by atoms with Gasteiger partial charge < -0.3 is 0 Å². The summed E-state index contributed by atoms with van der Waals surface area (Å²) in [4.78, 5) is 0.309. The second-order valence-electron chi connectivity index (χ2n) is 8.20. The lowest BCUT2D eigenvalue weighted by Gasteiger charge is -2.24. The van der Waals surface area contributed by atoms with Crippen LogP contribution in [0.3, 0.4) is 0 Å². The van der Waals surface area contributed by atoms with Crippen LogP contribution in [0, 0.1) is 6.92 Å². The van der Waals surface area contributed by atoms with Gasteiger partial charge in [-0.1, -0.05) is 65.9 Å². The lowest BCUT2D eigenvalue weighted by Crippen LogP contribution is -2.38. The molecule has 1 aliphatic heterocycles. The van der Waals surface area contributed by atoms with E-state index in [0.717, 1.165) is 27.7 Å². The van der Waals surface area contributed by atoms with Crippen molar-refractivity contribution in [1.29, 1.82) is 0 Å². The minimum absolute atomic E-state index is 0.0207. The summed E-state index contributed by atoms with van der Waals surface area (Å²) in [6.07, 6.45) is 0.663. The third-order valence-corrected chi connectivity index (χ3v) is 8.37. The third kappa shape index (κ3) is 3.83. The molecule has 0 saturated carbocycles. The van der Waals surface area contributed by atoms with Crippen LogP contribution in [0.2, 0.25) is 0 Å². The molecule has 32 heavy (non-hydrogen) atoms. The van der Waals surface area contributed by atoms with E-state index < -0.39 is 10.0 Å². The Morgan fingerprint density at radius 3 is 2.50 bits per heavy atom. The second-order valence-corrected chi connectivity index (χ2v) is 10.8. The zero-order valence-corrected chi connectivity index (χ0v) is 19.4. The van der Waals surface area contributed by atoms with E-state index in [4.69, 9.17) is 0 Å². The molecule has 0 amide bonds. The second kappa shape index (κ2) is 8.35. The van der Waals surface area contributed by atoms with E-state index in [1.54, 1.807) is 16.4 Å². The number of fused-ring (bicyclic) bond motifs is 1. The first kappa shape index (κ1) is 21.2. The van der Waals surface area contributed by atoms with E-state index in [2.05, 4.69) is 22.9 Å². The summed E-state index contributed by atoms with van der Waals surface area (Å²) < 4.78 is 30.6. The molecule has 0 spiro atoms. The maximum atomic E-state index is 13.6. The molecule has 4 aromatic rings. The lowest BCUT2D eigenvalue weighted by atomic mass is 10.1. The molecule has 6 nitrogen and oxygen atoms in total. The first-order valence-corrected chi connectivity index (χ1v) is 12.5. The van der Waals surface area contributed by atoms with Crippen molar-refractivity contribution in [3.05, 3.63) is 78.5 Å². The van der Waals surface area contributed by atoms with E-state index >= 15 is 0 Å². The summed E-state index contributed by atoms with van der Waals surface area (Å²) >= 11 is 4.62. The van der Waals surface area contributed by atoms with Gasteiger partial charge in [-0.15, -0.1) is 5.10 Å². The Kier molecular flexibility index (Phi) is 5.53. The van der Waals surface area contributed by atoms with Crippen molar-refractivity contribution in [3.63, 3.8) is 0 Å². The van der Waals surface area contributed by atoms with Gasteiger partial charge in [0.15, 0.2) is 0 Å². The molecule has 0 aliphatic carbocycles. The highest BCUT2D eigenvalue weighted by atomic mass is 32.2. The monoisotopic (exact) mass is 464 g/mol. The van der Waals surface area contributed by atoms with Gasteiger partial charge in [0.2, 0.25) is 10.0 Å². The van der Waals surface area contributed by atoms with Crippen molar-refractivity contribution in [1.82, 2.24) is 19.3 Å². The van der Waals surface area contributed by atoms with Crippen LogP contribution in [-0.4, -0.2) is 45.6 Å². The Morgan fingerprint density at radius 1 is 1.00 bits per heavy atom. The van der Waals surface area contributed by atoms with Crippen molar-refractivity contribution in [2.75, 3.05) is 6.54 Å². The quantitative estimate of drug-likeness (QED) is 0.450. The van der Waals surface area contributed by atoms with Crippen LogP contribution in [0.15, 0.2) is 77.7 Å². The average Bonchev–Trinajstić information content (AvgIpc) is 3.36. The number of benzene rings is 3. The van der Waals surface area contributed by atoms with Gasteiger partial charge >= 0.3 is 0 Å². The smallest absolute Gasteiger partial charge is 0.243 e. The van der Waals surface area contributed by atoms with Gasteiger partial charge in [0.05, 0.1) is 17.1 Å². The molecule has 1 aromatic heterocycles. The highest BCUT2D eigenvalue weighted by Gasteiger charge is 2.39. The van der Waals surface area contributed by atoms with E-state index in [1.165, 1.54) is 0 Å². The van der Waals surface area contributed by atoms with E-state index in [9.17, 15) is 8.42 Å². The number of thiol groups is 1. The molecule has 1 fully saturated rings. The van der Waals surface area contributed by atoms with Crippen LogP contribution < -0.4 is 0 Å². The molecule has 1 saturated heterocycles. The highest BCUT2D eigenvalue weighted by Crippen LogP contribution is 2.31. The van der Waals surface area contributed by atoms with Crippen LogP contribution in [0.25, 0.3) is 22.0 Å². The summed E-state index contributed by atoms with van der Waals surface area (Å²) in [6.45, 7) is 2.79. The highest BCUT2D eigenvalue weighted by molar-refractivity contribution is 7.89. The summed E-state index contributed by atoms with van der Waals surface area (Å²) in [5.74, 6) is 0. The Morgan fingerprint density at radius 2 is 1.72 bits per heavy atom. The van der Waals surface area contributed by atoms with Gasteiger partial charge in [-0.05, 0) is 36.2 Å². The molecule has 0 bridgehead atoms. The molecule has 5 rings (SSSR count). The molecule has 0 N–H and O–H groups in total. The van der Waals surface area contributed by atoms with Crippen molar-refractivity contribution in [3.8, 4) is 11.3 Å². The number of nitrogens with zero attached hydrogens (tertiary/aromatic N) is 4. The Balaban J connectivity index is 1.45. The zero-order valence-electron chi connectivity index (χ0n) is 17.7. The Bertz CT molecular complexity index is 1370. The van der Waals surface area contributed by atoms with Crippen molar-refractivity contribution < 1.29 is 8.42 Å². The van der Waals surface area contributed by atoms with Crippen molar-refractivity contribution in [2.45, 2.75) is 36.1 Å². The molecular formula is C24H24N4O2S2. The summed E-state index contributed by atoms with van der Waals surface area (Å²) in [7, 11) is -3.67. The fraction of sp³-hybridized carbons (Fsp3) is 0.250. The van der Waals surface area contributed by atoms with Crippen molar-refractivity contribution in [2.24, 2.45) is 0 Å². The number of rotatable bonds is 5. The van der Waals surface area contributed by atoms with Gasteiger partial charge in [-0.25, -0.2) is 13.1 Å². The molecule has 0 radical (unpaired) electrons. The molecular weight excluding hydrogens is 440 g/mol. The summed E-state index contributed by atoms with van der Waals surface area (Å²) in [5.41, 5.74) is 2.73. The number of hydrogen-bond donors (Lipinski definition) is 1. The molecule has 1 aliphatic rings. The first-order valence-electron chi connectivity index (χ1n) is 10.6. The van der Waals surface area contributed by atoms with Crippen LogP contribution in [0.1, 0.15) is 12.1 Å². The topological polar surface area (TPSA) is 68.1 Å². The number of hydrogen-bond acceptors (Lipinski definition) is 5. The first-order chi connectivity index (χ1) is 15.4. The fourth-order valence-corrected chi connectivity index (χ4v) is 6.62. The molecule has 8 heteroatoms. The maximum Gasteiger partial charge on any atom is 0.243 e. The largest absolute Gasteiger partial charge is 0.247 e. The van der Waals surface area contributed by atoms with Crippen LogP contribution >= 0.6 is 12.6 Å². The van der Waals surface area contributed by atoms with E-state index in [0.29, 0.717) is 24.4 Å². The fourth-order valence-electron chi connectivity index (χ4n) is 4.38. The van der Waals surface area contributed by atoms with Crippen LogP contribution in [0.5, 0.6) is 0 Å². The SMILES string of the molecule is Cc1c(-c2ccccc2)nnn1C[C@@H]1C[C@@H](S)CN1S(=O)(=O)c1ccc2ccccc2c1. The standard InChI is InChI=1S/C24H24N4O2S2/c1-17-24(19-8-3-2-4-9-19)25-26-27(17)15-21-14-22(31)16-28(21)32(29,30)23-12-11-18-7-5-6-10-20(18)13-23/h2-13,21-22,31H,14-16H2,1H3/t21-,22+/m0/s1. The Hall–Kier alpha value is -2.68. The number of sulfonamides is 1. The normalized spacial score (nSPS) is 19.6. The molecule has 164 valence electrons. The van der Waals surface area contributed by atoms with Gasteiger partial charge in [0.1, 0.15) is 5.69 Å². The molecule has 3 aromatic carbocycles. The van der Waals surface area contributed by atoms with Gasteiger partial charge in [0.25, 0.3) is 0 Å². The number of aromatic nitrogens is 3. The van der Waals surface area contributed by atoms with E-state index in [-0.39, 0.29) is 11.3 Å². The van der Waals surface area contributed by atoms with Crippen molar-refractivity contribution >= 4 is 33.4 Å². The van der Waals surface area contributed by atoms with Gasteiger partial charge in [0, 0.05) is 23.4 Å². The summed E-state index contributed by atoms with van der Waals surface area (Å²) in [6, 6.07) is 22.7. The predicted molar refractivity (Wildman–Crippen MR) is 129 cm³/mol. The van der Waals surface area contributed by atoms with E-state index in [1.807, 2.05) is 72.3 Å².